The highest BCUT2D eigenvalue weighted by atomic mass is 16.5. The lowest BCUT2D eigenvalue weighted by Crippen LogP contribution is -2.45. The number of carbonyl (C=O) groups excluding carboxylic acids is 2. The van der Waals surface area contributed by atoms with Crippen LogP contribution in [0.3, 0.4) is 0 Å². The minimum absolute atomic E-state index is 0.0543. The third kappa shape index (κ3) is 4.06. The maximum atomic E-state index is 13.4. The van der Waals surface area contributed by atoms with Crippen molar-refractivity contribution in [2.45, 2.75) is 25.4 Å². The van der Waals surface area contributed by atoms with E-state index < -0.39 is 17.5 Å². The fraction of sp³-hybridized carbons (Fsp3) is 0.571. The predicted molar refractivity (Wildman–Crippen MR) is 114 cm³/mol. The van der Waals surface area contributed by atoms with Gasteiger partial charge in [0.25, 0.3) is 0 Å². The lowest BCUT2D eigenvalue weighted by atomic mass is 9.77. The van der Waals surface area contributed by atoms with E-state index in [1.54, 1.807) is 17.0 Å². The van der Waals surface area contributed by atoms with Crippen molar-refractivity contribution < 1.29 is 24.2 Å². The number of amides is 1. The number of hydrogen-bond acceptors (Lipinski definition) is 11. The van der Waals surface area contributed by atoms with Crippen LogP contribution in [0.1, 0.15) is 31.1 Å². The van der Waals surface area contributed by atoms with Crippen molar-refractivity contribution >= 4 is 11.9 Å². The summed E-state index contributed by atoms with van der Waals surface area (Å²) in [5, 5.41) is 29.7. The van der Waals surface area contributed by atoms with Crippen LogP contribution in [0, 0.1) is 5.41 Å². The molecule has 1 unspecified atom stereocenters. The fourth-order valence-corrected chi connectivity index (χ4v) is 4.90. The van der Waals surface area contributed by atoms with Crippen molar-refractivity contribution in [1.82, 2.24) is 40.2 Å². The molecule has 13 heteroatoms. The number of tetrazole rings is 1. The maximum absolute atomic E-state index is 13.4. The zero-order valence-electron chi connectivity index (χ0n) is 18.8. The number of aromatic nitrogens is 6. The highest BCUT2D eigenvalue weighted by Gasteiger charge is 2.50. The molecular weight excluding hydrogens is 444 g/mol. The number of nitrogens with zero attached hydrogens (tertiary/aromatic N) is 8. The van der Waals surface area contributed by atoms with Crippen LogP contribution < -0.4 is 0 Å². The van der Waals surface area contributed by atoms with Gasteiger partial charge in [0.15, 0.2) is 5.82 Å². The second kappa shape index (κ2) is 9.16. The molecule has 5 heterocycles. The Morgan fingerprint density at radius 3 is 2.65 bits per heavy atom. The van der Waals surface area contributed by atoms with E-state index in [9.17, 15) is 14.7 Å². The normalized spacial score (nSPS) is 21.5. The van der Waals surface area contributed by atoms with Crippen molar-refractivity contribution in [3.8, 4) is 5.82 Å². The van der Waals surface area contributed by atoms with Gasteiger partial charge in [-0.25, -0.2) is 4.79 Å². The van der Waals surface area contributed by atoms with E-state index in [2.05, 4.69) is 30.6 Å². The smallest absolute Gasteiger partial charge is 0.338 e. The number of methoxy groups -OCH3 is 1. The summed E-state index contributed by atoms with van der Waals surface area (Å²) in [6, 6.07) is 3.40. The summed E-state index contributed by atoms with van der Waals surface area (Å²) in [5.74, 6) is 0.102. The van der Waals surface area contributed by atoms with Crippen LogP contribution in [0.15, 0.2) is 29.7 Å². The summed E-state index contributed by atoms with van der Waals surface area (Å²) in [5.41, 5.74) is 1.09. The second-order valence-corrected chi connectivity index (χ2v) is 8.81. The molecule has 0 saturated carbocycles. The molecule has 2 aromatic heterocycles. The van der Waals surface area contributed by atoms with Crippen LogP contribution in [0.4, 0.5) is 0 Å². The maximum Gasteiger partial charge on any atom is 0.338 e. The number of ether oxygens (including phenoxy) is 2. The molecule has 1 N–H and O–H groups in total. The third-order valence-electron chi connectivity index (χ3n) is 6.90. The van der Waals surface area contributed by atoms with E-state index >= 15 is 0 Å². The molecule has 3 aliphatic rings. The number of β-amino-alcohol motifs (C(OH)–C–C–N with tert-alkyl or cyclic N) is 1. The standard InChI is InChI=1S/C21H26N8O5/c1-33-11-14-16(12-34-19(14)31)28-9-6-21(20(28)32)4-7-27(8-5-21)10-17(30)15-2-3-18(24-23-15)29-13-22-25-26-29/h2-3,13,17,30H,4-12H2,1H3. The Labute approximate surface area is 195 Å². The van der Waals surface area contributed by atoms with Gasteiger partial charge in [-0.3, -0.25) is 4.79 Å². The van der Waals surface area contributed by atoms with E-state index in [1.165, 1.54) is 18.1 Å². The molecule has 2 fully saturated rings. The molecule has 0 aromatic carbocycles. The molecule has 1 spiro atoms. The first-order valence-electron chi connectivity index (χ1n) is 11.2. The highest BCUT2D eigenvalue weighted by Crippen LogP contribution is 2.44. The van der Waals surface area contributed by atoms with E-state index in [0.717, 1.165) is 6.42 Å². The van der Waals surface area contributed by atoms with Gasteiger partial charge < -0.3 is 24.4 Å². The number of piperidine rings is 1. The molecule has 0 bridgehead atoms. The minimum atomic E-state index is -0.802. The molecule has 2 saturated heterocycles. The first kappa shape index (κ1) is 22.5. The van der Waals surface area contributed by atoms with Gasteiger partial charge in [-0.15, -0.1) is 10.2 Å². The van der Waals surface area contributed by atoms with Gasteiger partial charge in [0.1, 0.15) is 19.0 Å². The summed E-state index contributed by atoms with van der Waals surface area (Å²) < 4.78 is 11.7. The third-order valence-corrected chi connectivity index (χ3v) is 6.90. The molecule has 1 amide bonds. The van der Waals surface area contributed by atoms with E-state index in [-0.39, 0.29) is 19.1 Å². The Morgan fingerprint density at radius 2 is 1.97 bits per heavy atom. The fourth-order valence-electron chi connectivity index (χ4n) is 4.90. The van der Waals surface area contributed by atoms with Crippen LogP contribution in [0.25, 0.3) is 5.82 Å². The van der Waals surface area contributed by atoms with Gasteiger partial charge in [-0.1, -0.05) is 0 Å². The second-order valence-electron chi connectivity index (χ2n) is 8.81. The summed E-state index contributed by atoms with van der Waals surface area (Å²) in [6.07, 6.45) is 2.75. The van der Waals surface area contributed by atoms with Crippen LogP contribution in [0.5, 0.6) is 0 Å². The van der Waals surface area contributed by atoms with Crippen molar-refractivity contribution in [2.75, 3.05) is 46.5 Å². The Kier molecular flexibility index (Phi) is 6.06. The van der Waals surface area contributed by atoms with Crippen molar-refractivity contribution in [3.05, 3.63) is 35.4 Å². The van der Waals surface area contributed by atoms with Gasteiger partial charge in [-0.05, 0) is 54.9 Å². The van der Waals surface area contributed by atoms with Crippen LogP contribution in [0.2, 0.25) is 0 Å². The molecule has 3 aliphatic heterocycles. The first-order valence-corrected chi connectivity index (χ1v) is 11.2. The molecule has 5 rings (SSSR count). The Bertz CT molecular complexity index is 1080. The van der Waals surface area contributed by atoms with Gasteiger partial charge in [-0.2, -0.15) is 9.78 Å². The number of aliphatic hydroxyl groups is 1. The molecule has 13 nitrogen and oxygen atoms in total. The minimum Gasteiger partial charge on any atom is -0.456 e. The molecule has 1 atom stereocenters. The van der Waals surface area contributed by atoms with Crippen LogP contribution >= 0.6 is 0 Å². The van der Waals surface area contributed by atoms with Gasteiger partial charge in [0.05, 0.1) is 29.0 Å². The predicted octanol–water partition coefficient (Wildman–Crippen LogP) is -0.742. The van der Waals surface area contributed by atoms with Gasteiger partial charge >= 0.3 is 5.97 Å². The van der Waals surface area contributed by atoms with Crippen LogP contribution in [-0.2, 0) is 19.1 Å². The highest BCUT2D eigenvalue weighted by molar-refractivity contribution is 5.95. The monoisotopic (exact) mass is 470 g/mol. The first-order chi connectivity index (χ1) is 16.5. The van der Waals surface area contributed by atoms with Crippen molar-refractivity contribution in [3.63, 3.8) is 0 Å². The summed E-state index contributed by atoms with van der Waals surface area (Å²) in [7, 11) is 1.52. The number of likely N-dealkylation sites (tertiary alicyclic amines) is 2. The van der Waals surface area contributed by atoms with Crippen LogP contribution in [-0.4, -0.2) is 104 Å². The van der Waals surface area contributed by atoms with Crippen molar-refractivity contribution in [2.24, 2.45) is 5.41 Å². The zero-order chi connectivity index (χ0) is 23.7. The molecule has 0 radical (unpaired) electrons. The van der Waals surface area contributed by atoms with Gasteiger partial charge in [0, 0.05) is 20.2 Å². The summed E-state index contributed by atoms with van der Waals surface area (Å²) >= 11 is 0. The topological polar surface area (TPSA) is 149 Å². The lowest BCUT2D eigenvalue weighted by molar-refractivity contribution is -0.139. The molecule has 2 aromatic rings. The summed E-state index contributed by atoms with van der Waals surface area (Å²) in [6.45, 7) is 2.60. The number of carbonyl (C=O) groups is 2. The Balaban J connectivity index is 1.19. The number of cyclic esters (lactones) is 1. The molecule has 34 heavy (non-hydrogen) atoms. The SMILES string of the molecule is COCC1=C(N2CCC3(CCN(CC(O)c4ccc(-n5cnnn5)nn4)CC3)C2=O)COC1=O. The number of rotatable bonds is 7. The average Bonchev–Trinajstić information content (AvgIpc) is 3.58. The largest absolute Gasteiger partial charge is 0.456 e. The Hall–Kier alpha value is -3.29. The van der Waals surface area contributed by atoms with E-state index in [1.807, 2.05) is 0 Å². The zero-order valence-corrected chi connectivity index (χ0v) is 18.8. The average molecular weight is 470 g/mol. The number of aliphatic hydroxyl groups excluding tert-OH is 1. The molecule has 180 valence electrons. The Morgan fingerprint density at radius 1 is 1.18 bits per heavy atom. The van der Waals surface area contributed by atoms with E-state index in [4.69, 9.17) is 9.47 Å². The van der Waals surface area contributed by atoms with Crippen molar-refractivity contribution in [1.29, 1.82) is 0 Å². The van der Waals surface area contributed by atoms with Gasteiger partial charge in [0.2, 0.25) is 5.91 Å². The lowest BCUT2D eigenvalue weighted by Gasteiger charge is -2.38. The molecule has 0 aliphatic carbocycles. The number of esters is 1. The quantitative estimate of drug-likeness (QED) is 0.510. The number of hydrogen-bond donors (Lipinski definition) is 1. The molecular formula is C21H26N8O5. The van der Waals surface area contributed by atoms with E-state index in [0.29, 0.717) is 61.8 Å². The summed E-state index contributed by atoms with van der Waals surface area (Å²) in [4.78, 5) is 29.2.